The van der Waals surface area contributed by atoms with E-state index in [2.05, 4.69) is 0 Å². The Labute approximate surface area is 95.3 Å². The number of primary sulfonamides is 1. The number of hydrogen-bond donors (Lipinski definition) is 1. The van der Waals surface area contributed by atoms with Crippen molar-refractivity contribution in [2.45, 2.75) is 28.9 Å². The van der Waals surface area contributed by atoms with E-state index in [-0.39, 0.29) is 9.79 Å². The Morgan fingerprint density at radius 3 is 1.62 bits per heavy atom. The van der Waals surface area contributed by atoms with E-state index in [1.807, 2.05) is 0 Å². The summed E-state index contributed by atoms with van der Waals surface area (Å²) in [6, 6.07) is 4.86. The minimum absolute atomic E-state index is 0.0925. The lowest BCUT2D eigenvalue weighted by Gasteiger charge is -2.07. The third kappa shape index (κ3) is 2.60. The quantitative estimate of drug-likeness (QED) is 0.860. The Bertz CT molecular complexity index is 570. The Morgan fingerprint density at radius 2 is 1.31 bits per heavy atom. The number of hydrogen-bond acceptors (Lipinski definition) is 4. The van der Waals surface area contributed by atoms with E-state index < -0.39 is 25.1 Å². The lowest BCUT2D eigenvalue weighted by molar-refractivity contribution is 0.586. The van der Waals surface area contributed by atoms with Crippen LogP contribution in [0, 0.1) is 0 Å². The summed E-state index contributed by atoms with van der Waals surface area (Å²) in [4.78, 5) is -0.00916. The molecule has 1 aromatic carbocycles. The molecule has 0 fully saturated rings. The Hall–Kier alpha value is -0.920. The van der Waals surface area contributed by atoms with Gasteiger partial charge in [-0.05, 0) is 38.1 Å². The second-order valence-corrected chi connectivity index (χ2v) is 7.68. The van der Waals surface area contributed by atoms with E-state index in [1.165, 1.54) is 24.3 Å². The molecular weight excluding hydrogens is 250 g/mol. The van der Waals surface area contributed by atoms with Gasteiger partial charge in [0.1, 0.15) is 0 Å². The fraction of sp³-hybridized carbons (Fsp3) is 0.333. The summed E-state index contributed by atoms with van der Waals surface area (Å²) >= 11 is 0. The molecule has 16 heavy (non-hydrogen) atoms. The third-order valence-corrected chi connectivity index (χ3v) is 5.20. The van der Waals surface area contributed by atoms with Crippen molar-refractivity contribution in [1.82, 2.24) is 0 Å². The van der Waals surface area contributed by atoms with Gasteiger partial charge in [0.15, 0.2) is 9.84 Å². The van der Waals surface area contributed by atoms with Crippen LogP contribution < -0.4 is 5.14 Å². The number of benzene rings is 1. The van der Waals surface area contributed by atoms with Crippen molar-refractivity contribution in [3.05, 3.63) is 24.3 Å². The Balaban J connectivity index is 3.25. The highest BCUT2D eigenvalue weighted by Gasteiger charge is 2.19. The third-order valence-electron chi connectivity index (χ3n) is 2.10. The molecule has 0 atom stereocenters. The molecule has 7 heteroatoms. The van der Waals surface area contributed by atoms with Gasteiger partial charge in [-0.2, -0.15) is 0 Å². The SMILES string of the molecule is CC(C)S(=O)(=O)c1ccc(S(N)(=O)=O)cc1. The maximum absolute atomic E-state index is 11.7. The molecule has 2 N–H and O–H groups in total. The van der Waals surface area contributed by atoms with Gasteiger partial charge >= 0.3 is 0 Å². The summed E-state index contributed by atoms with van der Waals surface area (Å²) in [5.74, 6) is 0. The minimum Gasteiger partial charge on any atom is -0.225 e. The van der Waals surface area contributed by atoms with Crippen molar-refractivity contribution >= 4 is 19.9 Å². The average Bonchev–Trinajstić information content (AvgIpc) is 2.16. The van der Waals surface area contributed by atoms with Crippen molar-refractivity contribution in [3.8, 4) is 0 Å². The molecule has 0 aliphatic rings. The van der Waals surface area contributed by atoms with Crippen LogP contribution in [-0.2, 0) is 19.9 Å². The van der Waals surface area contributed by atoms with E-state index >= 15 is 0 Å². The standard InChI is InChI=1S/C9H13NO4S2/c1-7(2)15(11,12)8-3-5-9(6-4-8)16(10,13)14/h3-7H,1-2H3,(H2,10,13,14). The number of sulfone groups is 1. The Kier molecular flexibility index (Phi) is 3.41. The topological polar surface area (TPSA) is 94.3 Å². The van der Waals surface area contributed by atoms with Crippen molar-refractivity contribution in [3.63, 3.8) is 0 Å². The molecule has 0 aliphatic heterocycles. The van der Waals surface area contributed by atoms with Crippen LogP contribution >= 0.6 is 0 Å². The number of rotatable bonds is 3. The smallest absolute Gasteiger partial charge is 0.225 e. The van der Waals surface area contributed by atoms with Crippen molar-refractivity contribution < 1.29 is 16.8 Å². The average molecular weight is 263 g/mol. The maximum Gasteiger partial charge on any atom is 0.238 e. The van der Waals surface area contributed by atoms with Crippen LogP contribution in [0.3, 0.4) is 0 Å². The summed E-state index contributed by atoms with van der Waals surface area (Å²) < 4.78 is 45.3. The first kappa shape index (κ1) is 13.1. The normalized spacial score (nSPS) is 13.0. The lowest BCUT2D eigenvalue weighted by Crippen LogP contribution is -2.15. The lowest BCUT2D eigenvalue weighted by atomic mass is 10.4. The summed E-state index contributed by atoms with van der Waals surface area (Å²) in [6.45, 7) is 3.12. The minimum atomic E-state index is -3.78. The number of sulfonamides is 1. The first-order valence-electron chi connectivity index (χ1n) is 4.52. The molecule has 0 radical (unpaired) electrons. The molecule has 0 bridgehead atoms. The van der Waals surface area contributed by atoms with Gasteiger partial charge in [0, 0.05) is 0 Å². The van der Waals surface area contributed by atoms with Gasteiger partial charge in [0.2, 0.25) is 10.0 Å². The molecule has 0 saturated carbocycles. The molecule has 90 valence electrons. The molecule has 0 aromatic heterocycles. The predicted octanol–water partition coefficient (Wildman–Crippen LogP) is 0.516. The monoisotopic (exact) mass is 263 g/mol. The second kappa shape index (κ2) is 4.15. The predicted molar refractivity (Wildman–Crippen MR) is 60.1 cm³/mol. The van der Waals surface area contributed by atoms with Crippen LogP contribution in [0.15, 0.2) is 34.1 Å². The van der Waals surface area contributed by atoms with E-state index in [9.17, 15) is 16.8 Å². The molecule has 1 rings (SSSR count). The van der Waals surface area contributed by atoms with E-state index in [0.29, 0.717) is 0 Å². The molecule has 0 aliphatic carbocycles. The largest absolute Gasteiger partial charge is 0.238 e. The fourth-order valence-corrected chi connectivity index (χ4v) is 2.67. The maximum atomic E-state index is 11.7. The van der Waals surface area contributed by atoms with Gasteiger partial charge in [0.05, 0.1) is 15.0 Å². The molecule has 0 saturated heterocycles. The van der Waals surface area contributed by atoms with Crippen LogP contribution in [0.4, 0.5) is 0 Å². The highest BCUT2D eigenvalue weighted by atomic mass is 32.2. The summed E-state index contributed by atoms with van der Waals surface area (Å²) in [6.07, 6.45) is 0. The van der Waals surface area contributed by atoms with Gasteiger partial charge in [-0.3, -0.25) is 0 Å². The van der Waals surface area contributed by atoms with Crippen LogP contribution in [0.25, 0.3) is 0 Å². The number of nitrogens with two attached hydrogens (primary N) is 1. The highest BCUT2D eigenvalue weighted by Crippen LogP contribution is 2.17. The Morgan fingerprint density at radius 1 is 0.938 bits per heavy atom. The van der Waals surface area contributed by atoms with Crippen LogP contribution in [0.1, 0.15) is 13.8 Å². The zero-order chi connectivity index (χ0) is 12.6. The summed E-state index contributed by atoms with van der Waals surface area (Å²) in [7, 11) is -7.15. The summed E-state index contributed by atoms with van der Waals surface area (Å²) in [5.41, 5.74) is 0. The van der Waals surface area contributed by atoms with Crippen molar-refractivity contribution in [2.24, 2.45) is 5.14 Å². The van der Waals surface area contributed by atoms with E-state index in [4.69, 9.17) is 5.14 Å². The van der Waals surface area contributed by atoms with E-state index in [0.717, 1.165) is 0 Å². The highest BCUT2D eigenvalue weighted by molar-refractivity contribution is 7.92. The van der Waals surface area contributed by atoms with Crippen LogP contribution in [0.5, 0.6) is 0 Å². The van der Waals surface area contributed by atoms with Gasteiger partial charge < -0.3 is 0 Å². The van der Waals surface area contributed by atoms with Gasteiger partial charge in [0.25, 0.3) is 0 Å². The van der Waals surface area contributed by atoms with Crippen LogP contribution in [0.2, 0.25) is 0 Å². The summed E-state index contributed by atoms with van der Waals surface area (Å²) in [5, 5.41) is 4.35. The molecule has 0 spiro atoms. The fourth-order valence-electron chi connectivity index (χ4n) is 1.09. The zero-order valence-corrected chi connectivity index (χ0v) is 10.5. The van der Waals surface area contributed by atoms with Crippen molar-refractivity contribution in [1.29, 1.82) is 0 Å². The van der Waals surface area contributed by atoms with Crippen LogP contribution in [-0.4, -0.2) is 22.1 Å². The molecule has 0 heterocycles. The second-order valence-electron chi connectivity index (χ2n) is 3.61. The first-order chi connectivity index (χ1) is 7.15. The van der Waals surface area contributed by atoms with Gasteiger partial charge in [-0.15, -0.1) is 0 Å². The van der Waals surface area contributed by atoms with Crippen molar-refractivity contribution in [2.75, 3.05) is 0 Å². The first-order valence-corrected chi connectivity index (χ1v) is 7.62. The molecule has 0 amide bonds. The van der Waals surface area contributed by atoms with E-state index in [1.54, 1.807) is 13.8 Å². The molecule has 1 aromatic rings. The molecule has 0 unspecified atom stereocenters. The zero-order valence-electron chi connectivity index (χ0n) is 8.91. The molecular formula is C9H13NO4S2. The molecule has 5 nitrogen and oxygen atoms in total. The van der Waals surface area contributed by atoms with Gasteiger partial charge in [-0.25, -0.2) is 22.0 Å². The van der Waals surface area contributed by atoms with Gasteiger partial charge in [-0.1, -0.05) is 0 Å².